The maximum atomic E-state index is 5.36. The number of benzene rings is 2. The van der Waals surface area contributed by atoms with Crippen LogP contribution in [0.2, 0.25) is 0 Å². The zero-order valence-electron chi connectivity index (χ0n) is 15.2. The quantitative estimate of drug-likeness (QED) is 0.498. The predicted octanol–water partition coefficient (Wildman–Crippen LogP) is 4.89. The first kappa shape index (κ1) is 17.9. The number of anilines is 1. The number of ether oxygens (including phenoxy) is 2. The number of nitrogens with one attached hydrogen (secondary N) is 1. The maximum absolute atomic E-state index is 5.36. The van der Waals surface area contributed by atoms with Crippen LogP contribution in [0.3, 0.4) is 0 Å². The molecular formula is C20H21N3O2S. The van der Waals surface area contributed by atoms with E-state index < -0.39 is 0 Å². The molecule has 0 spiro atoms. The van der Waals surface area contributed by atoms with E-state index in [4.69, 9.17) is 9.47 Å². The van der Waals surface area contributed by atoms with E-state index in [1.54, 1.807) is 20.4 Å². The van der Waals surface area contributed by atoms with E-state index in [1.165, 1.54) is 22.5 Å². The lowest BCUT2D eigenvalue weighted by molar-refractivity contribution is 0.394. The minimum absolute atomic E-state index is 0.699. The second-order valence-corrected chi connectivity index (χ2v) is 6.67. The number of aromatic nitrogens is 1. The Hall–Kier alpha value is -2.86. The Morgan fingerprint density at radius 3 is 2.62 bits per heavy atom. The molecule has 3 rings (SSSR count). The minimum atomic E-state index is 0.699. The van der Waals surface area contributed by atoms with E-state index in [0.717, 1.165) is 27.7 Å². The van der Waals surface area contributed by atoms with Gasteiger partial charge in [0.2, 0.25) is 5.13 Å². The third-order valence-corrected chi connectivity index (χ3v) is 4.86. The van der Waals surface area contributed by atoms with Gasteiger partial charge in [-0.3, -0.25) is 5.43 Å². The predicted molar refractivity (Wildman–Crippen MR) is 108 cm³/mol. The molecule has 6 heteroatoms. The molecule has 0 radical (unpaired) electrons. The highest BCUT2D eigenvalue weighted by molar-refractivity contribution is 7.14. The van der Waals surface area contributed by atoms with Gasteiger partial charge in [-0.2, -0.15) is 5.10 Å². The number of aryl methyl sites for hydroxylation is 2. The van der Waals surface area contributed by atoms with Gasteiger partial charge in [0.15, 0.2) is 0 Å². The van der Waals surface area contributed by atoms with Crippen LogP contribution in [-0.4, -0.2) is 25.4 Å². The molecule has 0 aliphatic carbocycles. The molecule has 0 atom stereocenters. The fourth-order valence-corrected chi connectivity index (χ4v) is 3.11. The molecule has 0 aliphatic heterocycles. The number of hydrogen-bond acceptors (Lipinski definition) is 6. The van der Waals surface area contributed by atoms with Gasteiger partial charge in [0.1, 0.15) is 11.5 Å². The highest BCUT2D eigenvalue weighted by atomic mass is 32.1. The molecule has 0 aliphatic rings. The summed E-state index contributed by atoms with van der Waals surface area (Å²) < 4.78 is 10.6. The second-order valence-electron chi connectivity index (χ2n) is 5.81. The Morgan fingerprint density at radius 1 is 1.04 bits per heavy atom. The van der Waals surface area contributed by atoms with Crippen LogP contribution < -0.4 is 14.9 Å². The molecular weight excluding hydrogens is 346 g/mol. The first-order chi connectivity index (χ1) is 12.6. The molecule has 0 saturated carbocycles. The number of thiazole rings is 1. The summed E-state index contributed by atoms with van der Waals surface area (Å²) in [4.78, 5) is 4.59. The fraction of sp³-hybridized carbons (Fsp3) is 0.200. The molecule has 5 nitrogen and oxygen atoms in total. The molecule has 0 fully saturated rings. The minimum Gasteiger partial charge on any atom is -0.497 e. The first-order valence-corrected chi connectivity index (χ1v) is 9.03. The van der Waals surface area contributed by atoms with Crippen molar-refractivity contribution in [3.63, 3.8) is 0 Å². The highest BCUT2D eigenvalue weighted by Gasteiger charge is 2.06. The van der Waals surface area contributed by atoms with Crippen LogP contribution in [0.25, 0.3) is 11.3 Å². The Kier molecular flexibility index (Phi) is 5.53. The van der Waals surface area contributed by atoms with Gasteiger partial charge in [-0.1, -0.05) is 12.1 Å². The van der Waals surface area contributed by atoms with Crippen LogP contribution in [0.1, 0.15) is 16.7 Å². The molecule has 0 unspecified atom stereocenters. The van der Waals surface area contributed by atoms with Gasteiger partial charge in [0.05, 0.1) is 26.1 Å². The van der Waals surface area contributed by atoms with Gasteiger partial charge >= 0.3 is 0 Å². The molecule has 3 aromatic rings. The van der Waals surface area contributed by atoms with E-state index in [1.807, 2.05) is 23.6 Å². The van der Waals surface area contributed by atoms with Crippen molar-refractivity contribution in [1.29, 1.82) is 0 Å². The van der Waals surface area contributed by atoms with Crippen molar-refractivity contribution in [2.24, 2.45) is 5.10 Å². The number of hydrazone groups is 1. The van der Waals surface area contributed by atoms with Crippen LogP contribution in [0.4, 0.5) is 5.13 Å². The topological polar surface area (TPSA) is 55.7 Å². The largest absolute Gasteiger partial charge is 0.497 e. The van der Waals surface area contributed by atoms with Crippen LogP contribution >= 0.6 is 11.3 Å². The molecule has 134 valence electrons. The van der Waals surface area contributed by atoms with Gasteiger partial charge in [-0.05, 0) is 43.2 Å². The summed E-state index contributed by atoms with van der Waals surface area (Å²) in [5, 5.41) is 7.03. The van der Waals surface area contributed by atoms with Crippen LogP contribution in [0.5, 0.6) is 11.5 Å². The first-order valence-electron chi connectivity index (χ1n) is 8.15. The lowest BCUT2D eigenvalue weighted by atomic mass is 10.1. The van der Waals surface area contributed by atoms with Crippen molar-refractivity contribution in [3.05, 3.63) is 58.5 Å². The van der Waals surface area contributed by atoms with Gasteiger partial charge in [0, 0.05) is 22.6 Å². The molecule has 0 saturated heterocycles. The van der Waals surface area contributed by atoms with E-state index in [0.29, 0.717) is 5.75 Å². The zero-order chi connectivity index (χ0) is 18.5. The summed E-state index contributed by atoms with van der Waals surface area (Å²) in [5.41, 5.74) is 8.42. The van der Waals surface area contributed by atoms with E-state index >= 15 is 0 Å². The van der Waals surface area contributed by atoms with Gasteiger partial charge in [-0.15, -0.1) is 11.3 Å². The molecule has 1 N–H and O–H groups in total. The molecule has 1 heterocycles. The van der Waals surface area contributed by atoms with Crippen molar-refractivity contribution in [3.8, 4) is 22.8 Å². The van der Waals surface area contributed by atoms with E-state index in [9.17, 15) is 0 Å². The Labute approximate surface area is 157 Å². The summed E-state index contributed by atoms with van der Waals surface area (Å²) in [6, 6.07) is 11.9. The Bertz CT molecular complexity index is 935. The van der Waals surface area contributed by atoms with Gasteiger partial charge in [0.25, 0.3) is 0 Å². The molecule has 1 aromatic heterocycles. The van der Waals surface area contributed by atoms with Crippen LogP contribution in [0.15, 0.2) is 46.9 Å². The van der Waals surface area contributed by atoms with Crippen molar-refractivity contribution in [2.75, 3.05) is 19.6 Å². The van der Waals surface area contributed by atoms with Gasteiger partial charge < -0.3 is 9.47 Å². The van der Waals surface area contributed by atoms with Crippen LogP contribution in [0, 0.1) is 13.8 Å². The number of rotatable bonds is 6. The lowest BCUT2D eigenvalue weighted by Gasteiger charge is -2.06. The monoisotopic (exact) mass is 367 g/mol. The SMILES string of the molecule is COc1ccc(/C=N\Nc2nc(-c3ccc(C)c(C)c3)cs2)c(OC)c1. The maximum Gasteiger partial charge on any atom is 0.203 e. The lowest BCUT2D eigenvalue weighted by Crippen LogP contribution is -1.95. The summed E-state index contributed by atoms with van der Waals surface area (Å²) in [6.07, 6.45) is 1.70. The Morgan fingerprint density at radius 2 is 1.88 bits per heavy atom. The number of hydrogen-bond donors (Lipinski definition) is 1. The standard InChI is InChI=1S/C20H21N3O2S/c1-13-5-6-15(9-14(13)2)18-12-26-20(22-18)23-21-11-16-7-8-17(24-3)10-19(16)25-4/h5-12H,1-4H3,(H,22,23)/b21-11-. The third-order valence-electron chi connectivity index (χ3n) is 4.11. The fourth-order valence-electron chi connectivity index (χ4n) is 2.44. The Balaban J connectivity index is 1.72. The molecule has 0 bridgehead atoms. The summed E-state index contributed by atoms with van der Waals surface area (Å²) in [5.74, 6) is 1.44. The molecule has 2 aromatic carbocycles. The average molecular weight is 367 g/mol. The number of methoxy groups -OCH3 is 2. The van der Waals surface area contributed by atoms with E-state index in [2.05, 4.69) is 47.6 Å². The van der Waals surface area contributed by atoms with Crippen molar-refractivity contribution < 1.29 is 9.47 Å². The smallest absolute Gasteiger partial charge is 0.203 e. The zero-order valence-corrected chi connectivity index (χ0v) is 16.1. The highest BCUT2D eigenvalue weighted by Crippen LogP contribution is 2.27. The summed E-state index contributed by atoms with van der Waals surface area (Å²) in [7, 11) is 3.25. The summed E-state index contributed by atoms with van der Waals surface area (Å²) >= 11 is 1.52. The van der Waals surface area contributed by atoms with Crippen LogP contribution in [-0.2, 0) is 0 Å². The normalized spacial score (nSPS) is 10.9. The van der Waals surface area contributed by atoms with Crippen molar-refractivity contribution in [1.82, 2.24) is 4.98 Å². The molecule has 0 amide bonds. The van der Waals surface area contributed by atoms with Gasteiger partial charge in [-0.25, -0.2) is 4.98 Å². The molecule has 26 heavy (non-hydrogen) atoms. The van der Waals surface area contributed by atoms with Crippen molar-refractivity contribution in [2.45, 2.75) is 13.8 Å². The average Bonchev–Trinajstić information content (AvgIpc) is 3.13. The number of nitrogens with zero attached hydrogens (tertiary/aromatic N) is 2. The van der Waals surface area contributed by atoms with Crippen molar-refractivity contribution >= 4 is 22.7 Å². The summed E-state index contributed by atoms with van der Waals surface area (Å²) in [6.45, 7) is 4.21. The third kappa shape index (κ3) is 4.03. The van der Waals surface area contributed by atoms with E-state index in [-0.39, 0.29) is 0 Å². The second kappa shape index (κ2) is 8.01.